The van der Waals surface area contributed by atoms with Gasteiger partial charge >= 0.3 is 0 Å². The maximum absolute atomic E-state index is 13.6. The summed E-state index contributed by atoms with van der Waals surface area (Å²) in [6, 6.07) is 12.0. The number of nitrogens with zero attached hydrogens (tertiary/aromatic N) is 2. The molecule has 0 saturated carbocycles. The van der Waals surface area contributed by atoms with Crippen LogP contribution in [-0.4, -0.2) is 49.5 Å². The number of halogens is 1. The fraction of sp³-hybridized carbons (Fsp3) is 0.440. The maximum atomic E-state index is 13.6. The van der Waals surface area contributed by atoms with Crippen molar-refractivity contribution in [3.63, 3.8) is 0 Å². The lowest BCUT2D eigenvalue weighted by Crippen LogP contribution is -2.54. The molecule has 1 atom stereocenters. The lowest BCUT2D eigenvalue weighted by molar-refractivity contribution is -0.140. The standard InChI is InChI=1S/C25H34BrN3O4S/c1-17-12-18(2)14-22(13-17)29(34(7,32)33)16-23(30)28(15-20-8-10-21(26)11-9-20)19(3)24(31)27-25(4,5)6/h8-14,19H,15-16H2,1-7H3,(H,27,31)/t19-/m0/s1. The highest BCUT2D eigenvalue weighted by molar-refractivity contribution is 9.10. The number of carbonyl (C=O) groups is 2. The zero-order valence-electron chi connectivity index (χ0n) is 20.8. The molecule has 9 heteroatoms. The van der Waals surface area contributed by atoms with Crippen molar-refractivity contribution in [1.29, 1.82) is 0 Å². The number of carbonyl (C=O) groups excluding carboxylic acids is 2. The van der Waals surface area contributed by atoms with Crippen molar-refractivity contribution in [2.24, 2.45) is 0 Å². The second-order valence-electron chi connectivity index (χ2n) is 9.68. The van der Waals surface area contributed by atoms with E-state index in [4.69, 9.17) is 0 Å². The fourth-order valence-corrected chi connectivity index (χ4v) is 4.65. The summed E-state index contributed by atoms with van der Waals surface area (Å²) in [7, 11) is -3.75. The van der Waals surface area contributed by atoms with Crippen LogP contribution in [0.2, 0.25) is 0 Å². The van der Waals surface area contributed by atoms with Gasteiger partial charge in [0, 0.05) is 16.6 Å². The Hall–Kier alpha value is -2.39. The molecule has 0 unspecified atom stereocenters. The van der Waals surface area contributed by atoms with Gasteiger partial charge in [0.1, 0.15) is 12.6 Å². The number of nitrogens with one attached hydrogen (secondary N) is 1. The topological polar surface area (TPSA) is 86.8 Å². The van der Waals surface area contributed by atoms with E-state index >= 15 is 0 Å². The Morgan fingerprint density at radius 2 is 1.56 bits per heavy atom. The van der Waals surface area contributed by atoms with Crippen molar-refractivity contribution in [2.75, 3.05) is 17.1 Å². The highest BCUT2D eigenvalue weighted by Gasteiger charge is 2.31. The molecule has 2 aromatic carbocycles. The van der Waals surface area contributed by atoms with Crippen LogP contribution < -0.4 is 9.62 Å². The second-order valence-corrected chi connectivity index (χ2v) is 12.5. The van der Waals surface area contributed by atoms with Crippen LogP contribution in [0.5, 0.6) is 0 Å². The number of benzene rings is 2. The molecule has 0 bridgehead atoms. The molecule has 0 aromatic heterocycles. The Labute approximate surface area is 211 Å². The maximum Gasteiger partial charge on any atom is 0.244 e. The highest BCUT2D eigenvalue weighted by Crippen LogP contribution is 2.22. The lowest BCUT2D eigenvalue weighted by atomic mass is 10.1. The van der Waals surface area contributed by atoms with Crippen molar-refractivity contribution in [3.05, 3.63) is 63.6 Å². The van der Waals surface area contributed by atoms with Crippen molar-refractivity contribution in [1.82, 2.24) is 10.2 Å². The van der Waals surface area contributed by atoms with Crippen molar-refractivity contribution < 1.29 is 18.0 Å². The number of sulfonamides is 1. The van der Waals surface area contributed by atoms with E-state index < -0.39 is 34.1 Å². The molecular weight excluding hydrogens is 518 g/mol. The summed E-state index contributed by atoms with van der Waals surface area (Å²) < 4.78 is 27.3. The number of hydrogen-bond acceptors (Lipinski definition) is 4. The lowest BCUT2D eigenvalue weighted by Gasteiger charge is -2.33. The summed E-state index contributed by atoms with van der Waals surface area (Å²) in [5, 5.41) is 2.91. The third-order valence-electron chi connectivity index (χ3n) is 5.11. The van der Waals surface area contributed by atoms with Gasteiger partial charge in [-0.2, -0.15) is 0 Å². The summed E-state index contributed by atoms with van der Waals surface area (Å²) >= 11 is 3.40. The molecule has 0 saturated heterocycles. The summed E-state index contributed by atoms with van der Waals surface area (Å²) in [4.78, 5) is 27.9. The molecule has 2 amide bonds. The summed E-state index contributed by atoms with van der Waals surface area (Å²) in [6.45, 7) is 10.7. The molecule has 0 aliphatic heterocycles. The largest absolute Gasteiger partial charge is 0.350 e. The van der Waals surface area contributed by atoms with Gasteiger partial charge in [-0.05, 0) is 82.5 Å². The molecule has 2 aromatic rings. The van der Waals surface area contributed by atoms with Gasteiger partial charge in [-0.15, -0.1) is 0 Å². The van der Waals surface area contributed by atoms with E-state index in [9.17, 15) is 18.0 Å². The van der Waals surface area contributed by atoms with Crippen molar-refractivity contribution in [3.8, 4) is 0 Å². The van der Waals surface area contributed by atoms with Gasteiger partial charge in [-0.3, -0.25) is 13.9 Å². The molecule has 0 heterocycles. The van der Waals surface area contributed by atoms with Gasteiger partial charge in [-0.25, -0.2) is 8.42 Å². The molecule has 0 spiro atoms. The smallest absolute Gasteiger partial charge is 0.244 e. The van der Waals surface area contributed by atoms with E-state index in [1.54, 1.807) is 19.1 Å². The first-order chi connectivity index (χ1) is 15.6. The number of aryl methyl sites for hydroxylation is 2. The Morgan fingerprint density at radius 3 is 2.03 bits per heavy atom. The zero-order chi connectivity index (χ0) is 25.8. The first-order valence-corrected chi connectivity index (χ1v) is 13.6. The van der Waals surface area contributed by atoms with Crippen LogP contribution in [-0.2, 0) is 26.2 Å². The van der Waals surface area contributed by atoms with Gasteiger partial charge in [0.25, 0.3) is 0 Å². The van der Waals surface area contributed by atoms with Crippen molar-refractivity contribution >= 4 is 43.5 Å². The number of anilines is 1. The number of rotatable bonds is 8. The molecular formula is C25H34BrN3O4S. The van der Waals surface area contributed by atoms with E-state index in [1.807, 2.05) is 65.0 Å². The molecule has 34 heavy (non-hydrogen) atoms. The van der Waals surface area contributed by atoms with Gasteiger partial charge in [0.05, 0.1) is 11.9 Å². The predicted octanol–water partition coefficient (Wildman–Crippen LogP) is 4.16. The average Bonchev–Trinajstić information content (AvgIpc) is 2.68. The third-order valence-corrected chi connectivity index (χ3v) is 6.77. The van der Waals surface area contributed by atoms with E-state index in [0.29, 0.717) is 5.69 Å². The molecule has 0 radical (unpaired) electrons. The Balaban J connectivity index is 2.43. The third kappa shape index (κ3) is 8.13. The zero-order valence-corrected chi connectivity index (χ0v) is 23.2. The molecule has 2 rings (SSSR count). The molecule has 0 aliphatic carbocycles. The minimum Gasteiger partial charge on any atom is -0.350 e. The van der Waals surface area contributed by atoms with Crippen LogP contribution in [0, 0.1) is 13.8 Å². The average molecular weight is 553 g/mol. The van der Waals surface area contributed by atoms with E-state index in [2.05, 4.69) is 21.2 Å². The minimum absolute atomic E-state index is 0.162. The Kier molecular flexibility index (Phi) is 8.93. The Morgan fingerprint density at radius 1 is 1.03 bits per heavy atom. The Bertz CT molecular complexity index is 1120. The van der Waals surface area contributed by atoms with Crippen LogP contribution in [0.15, 0.2) is 46.9 Å². The van der Waals surface area contributed by atoms with Gasteiger partial charge in [-0.1, -0.05) is 34.1 Å². The minimum atomic E-state index is -3.75. The fourth-order valence-electron chi connectivity index (χ4n) is 3.55. The van der Waals surface area contributed by atoms with Gasteiger partial charge < -0.3 is 10.2 Å². The quantitative estimate of drug-likeness (QED) is 0.533. The van der Waals surface area contributed by atoms with Gasteiger partial charge in [0.2, 0.25) is 21.8 Å². The number of amides is 2. The van der Waals surface area contributed by atoms with E-state index in [0.717, 1.165) is 31.7 Å². The molecule has 7 nitrogen and oxygen atoms in total. The molecule has 1 N–H and O–H groups in total. The number of hydrogen-bond donors (Lipinski definition) is 1. The van der Waals surface area contributed by atoms with Crippen LogP contribution in [0.1, 0.15) is 44.4 Å². The van der Waals surface area contributed by atoms with Crippen LogP contribution in [0.3, 0.4) is 0 Å². The van der Waals surface area contributed by atoms with Crippen LogP contribution >= 0.6 is 15.9 Å². The predicted molar refractivity (Wildman–Crippen MR) is 140 cm³/mol. The second kappa shape index (κ2) is 10.9. The first-order valence-electron chi connectivity index (χ1n) is 11.0. The van der Waals surface area contributed by atoms with E-state index in [1.165, 1.54) is 4.90 Å². The van der Waals surface area contributed by atoms with Gasteiger partial charge in [0.15, 0.2) is 0 Å². The van der Waals surface area contributed by atoms with Crippen LogP contribution in [0.25, 0.3) is 0 Å². The van der Waals surface area contributed by atoms with E-state index in [-0.39, 0.29) is 12.5 Å². The van der Waals surface area contributed by atoms with Crippen molar-refractivity contribution in [2.45, 2.75) is 59.7 Å². The molecule has 186 valence electrons. The summed E-state index contributed by atoms with van der Waals surface area (Å²) in [5.41, 5.74) is 2.55. The normalized spacial score (nSPS) is 12.7. The SMILES string of the molecule is Cc1cc(C)cc(N(CC(=O)N(Cc2ccc(Br)cc2)[C@@H](C)C(=O)NC(C)(C)C)S(C)(=O)=O)c1. The molecule has 0 fully saturated rings. The first kappa shape index (κ1) is 27.9. The molecule has 0 aliphatic rings. The van der Waals surface area contributed by atoms with Crippen LogP contribution in [0.4, 0.5) is 5.69 Å². The summed E-state index contributed by atoms with van der Waals surface area (Å²) in [6.07, 6.45) is 1.08. The monoisotopic (exact) mass is 551 g/mol. The highest BCUT2D eigenvalue weighted by atomic mass is 79.9. The summed E-state index contributed by atoms with van der Waals surface area (Å²) in [5.74, 6) is -0.778.